The largest absolute Gasteiger partial charge is 0.339 e. The first-order valence-electron chi connectivity index (χ1n) is 9.56. The molecule has 2 aromatic carbocycles. The lowest BCUT2D eigenvalue weighted by atomic mass is 9.90. The molecule has 4 rings (SSSR count). The van der Waals surface area contributed by atoms with Crippen LogP contribution in [0, 0.1) is 17.2 Å². The zero-order valence-corrected chi connectivity index (χ0v) is 15.6. The van der Waals surface area contributed by atoms with E-state index in [1.165, 1.54) is 5.56 Å². The standard InChI is InChI=1S/C22H22N6/c23-15-19-8-4-5-9-20(19)25-21-16-24-27-22(26-21)28-12-10-18(11-13-28)14-17-6-2-1-3-7-17/h1-9,16,18H,10-14H2,(H,25,26,27). The van der Waals surface area contributed by atoms with Gasteiger partial charge in [0.25, 0.3) is 0 Å². The lowest BCUT2D eigenvalue weighted by Crippen LogP contribution is -2.35. The highest BCUT2D eigenvalue weighted by Crippen LogP contribution is 2.25. The molecule has 0 radical (unpaired) electrons. The molecule has 1 fully saturated rings. The fourth-order valence-corrected chi connectivity index (χ4v) is 3.60. The number of hydrogen-bond acceptors (Lipinski definition) is 6. The van der Waals surface area contributed by atoms with Gasteiger partial charge >= 0.3 is 0 Å². The van der Waals surface area contributed by atoms with Crippen molar-refractivity contribution in [3.63, 3.8) is 0 Å². The second-order valence-corrected chi connectivity index (χ2v) is 7.04. The quantitative estimate of drug-likeness (QED) is 0.733. The van der Waals surface area contributed by atoms with Gasteiger partial charge in [0.15, 0.2) is 5.82 Å². The molecule has 0 unspecified atom stereocenters. The van der Waals surface area contributed by atoms with Crippen molar-refractivity contribution in [1.82, 2.24) is 15.2 Å². The van der Waals surface area contributed by atoms with Crippen LogP contribution >= 0.6 is 0 Å². The zero-order chi connectivity index (χ0) is 19.2. The topological polar surface area (TPSA) is 77.7 Å². The minimum absolute atomic E-state index is 0.574. The number of nitrogens with zero attached hydrogens (tertiary/aromatic N) is 5. The number of piperidine rings is 1. The number of anilines is 3. The van der Waals surface area contributed by atoms with Crippen molar-refractivity contribution in [2.75, 3.05) is 23.3 Å². The van der Waals surface area contributed by atoms with Crippen molar-refractivity contribution in [1.29, 1.82) is 5.26 Å². The predicted octanol–water partition coefficient (Wildman–Crippen LogP) is 3.95. The van der Waals surface area contributed by atoms with Gasteiger partial charge in [0, 0.05) is 13.1 Å². The first-order valence-corrected chi connectivity index (χ1v) is 9.56. The van der Waals surface area contributed by atoms with Crippen LogP contribution in [0.2, 0.25) is 0 Å². The highest BCUT2D eigenvalue weighted by Gasteiger charge is 2.21. The summed E-state index contributed by atoms with van der Waals surface area (Å²) in [5.74, 6) is 1.92. The van der Waals surface area contributed by atoms with Gasteiger partial charge in [0.1, 0.15) is 6.07 Å². The number of para-hydroxylation sites is 1. The Morgan fingerprint density at radius 2 is 1.79 bits per heavy atom. The third-order valence-corrected chi connectivity index (χ3v) is 5.12. The van der Waals surface area contributed by atoms with Crippen LogP contribution in [-0.4, -0.2) is 28.3 Å². The maximum Gasteiger partial charge on any atom is 0.247 e. The summed E-state index contributed by atoms with van der Waals surface area (Å²) >= 11 is 0. The molecule has 2 heterocycles. The van der Waals surface area contributed by atoms with Crippen molar-refractivity contribution >= 4 is 17.5 Å². The molecule has 0 spiro atoms. The van der Waals surface area contributed by atoms with Crippen LogP contribution in [-0.2, 0) is 6.42 Å². The number of aromatic nitrogens is 3. The van der Waals surface area contributed by atoms with Gasteiger partial charge < -0.3 is 10.2 Å². The maximum absolute atomic E-state index is 9.24. The SMILES string of the molecule is N#Cc1ccccc1Nc1cnnc(N2CCC(Cc3ccccc3)CC2)n1. The minimum Gasteiger partial charge on any atom is -0.339 e. The van der Waals surface area contributed by atoms with Crippen LogP contribution in [0.4, 0.5) is 17.5 Å². The van der Waals surface area contributed by atoms with E-state index in [0.29, 0.717) is 23.2 Å². The van der Waals surface area contributed by atoms with Crippen molar-refractivity contribution < 1.29 is 0 Å². The second kappa shape index (κ2) is 8.49. The Balaban J connectivity index is 1.39. The molecular weight excluding hydrogens is 348 g/mol. The Morgan fingerprint density at radius 3 is 2.57 bits per heavy atom. The molecule has 0 bridgehead atoms. The molecule has 0 saturated carbocycles. The number of nitriles is 1. The first kappa shape index (κ1) is 17.9. The van der Waals surface area contributed by atoms with E-state index in [4.69, 9.17) is 0 Å². The fraction of sp³-hybridized carbons (Fsp3) is 0.273. The van der Waals surface area contributed by atoms with Crippen LogP contribution in [0.1, 0.15) is 24.0 Å². The van der Waals surface area contributed by atoms with Crippen molar-refractivity contribution in [2.24, 2.45) is 5.92 Å². The van der Waals surface area contributed by atoms with E-state index in [9.17, 15) is 5.26 Å². The number of benzene rings is 2. The van der Waals surface area contributed by atoms with E-state index in [1.54, 1.807) is 12.3 Å². The first-order chi connectivity index (χ1) is 13.8. The molecule has 1 aromatic heterocycles. The number of rotatable bonds is 5. The second-order valence-electron chi connectivity index (χ2n) is 7.04. The van der Waals surface area contributed by atoms with E-state index in [-0.39, 0.29) is 0 Å². The van der Waals surface area contributed by atoms with Gasteiger partial charge in [-0.05, 0) is 42.9 Å². The molecule has 140 valence electrons. The van der Waals surface area contributed by atoms with E-state index in [2.05, 4.69) is 61.8 Å². The average molecular weight is 370 g/mol. The van der Waals surface area contributed by atoms with Gasteiger partial charge in [0.05, 0.1) is 17.4 Å². The van der Waals surface area contributed by atoms with Gasteiger partial charge in [-0.1, -0.05) is 42.5 Å². The van der Waals surface area contributed by atoms with Gasteiger partial charge in [-0.3, -0.25) is 0 Å². The Bertz CT molecular complexity index is 958. The fourth-order valence-electron chi connectivity index (χ4n) is 3.60. The lowest BCUT2D eigenvalue weighted by molar-refractivity contribution is 0.400. The van der Waals surface area contributed by atoms with Gasteiger partial charge in [-0.2, -0.15) is 15.3 Å². The molecule has 1 saturated heterocycles. The molecule has 0 atom stereocenters. The summed E-state index contributed by atoms with van der Waals surface area (Å²) in [4.78, 5) is 6.80. The van der Waals surface area contributed by atoms with E-state index in [0.717, 1.165) is 38.0 Å². The predicted molar refractivity (Wildman–Crippen MR) is 109 cm³/mol. The number of hydrogen-bond donors (Lipinski definition) is 1. The van der Waals surface area contributed by atoms with Gasteiger partial charge in [0.2, 0.25) is 5.95 Å². The van der Waals surface area contributed by atoms with Crippen LogP contribution < -0.4 is 10.2 Å². The molecule has 3 aromatic rings. The molecule has 6 nitrogen and oxygen atoms in total. The van der Waals surface area contributed by atoms with Gasteiger partial charge in [-0.15, -0.1) is 5.10 Å². The molecule has 0 aliphatic carbocycles. The highest BCUT2D eigenvalue weighted by molar-refractivity contribution is 5.64. The van der Waals surface area contributed by atoms with Crippen LogP contribution in [0.15, 0.2) is 60.8 Å². The smallest absolute Gasteiger partial charge is 0.247 e. The summed E-state index contributed by atoms with van der Waals surface area (Å²) in [5, 5.41) is 20.7. The van der Waals surface area contributed by atoms with Crippen LogP contribution in [0.5, 0.6) is 0 Å². The molecular formula is C22H22N6. The van der Waals surface area contributed by atoms with E-state index >= 15 is 0 Å². The Hall–Kier alpha value is -3.46. The third kappa shape index (κ3) is 4.26. The molecule has 1 N–H and O–H groups in total. The van der Waals surface area contributed by atoms with Crippen molar-refractivity contribution in [3.05, 3.63) is 71.9 Å². The molecule has 1 aliphatic rings. The Labute approximate surface area is 164 Å². The van der Waals surface area contributed by atoms with E-state index < -0.39 is 0 Å². The summed E-state index contributed by atoms with van der Waals surface area (Å²) in [5.41, 5.74) is 2.70. The Kier molecular flexibility index (Phi) is 5.43. The summed E-state index contributed by atoms with van der Waals surface area (Å²) in [7, 11) is 0. The zero-order valence-electron chi connectivity index (χ0n) is 15.6. The normalized spacial score (nSPS) is 14.5. The Morgan fingerprint density at radius 1 is 1.04 bits per heavy atom. The summed E-state index contributed by atoms with van der Waals surface area (Å²) in [6.07, 6.45) is 4.94. The van der Waals surface area contributed by atoms with E-state index in [1.807, 2.05) is 18.2 Å². The molecule has 1 aliphatic heterocycles. The van der Waals surface area contributed by atoms with Crippen LogP contribution in [0.25, 0.3) is 0 Å². The highest BCUT2D eigenvalue weighted by atomic mass is 15.3. The third-order valence-electron chi connectivity index (χ3n) is 5.12. The molecule has 0 amide bonds. The maximum atomic E-state index is 9.24. The lowest BCUT2D eigenvalue weighted by Gasteiger charge is -2.31. The summed E-state index contributed by atoms with van der Waals surface area (Å²) < 4.78 is 0. The summed E-state index contributed by atoms with van der Waals surface area (Å²) in [6.45, 7) is 1.86. The average Bonchev–Trinajstić information content (AvgIpc) is 2.76. The van der Waals surface area contributed by atoms with Gasteiger partial charge in [-0.25, -0.2) is 0 Å². The van der Waals surface area contributed by atoms with Crippen LogP contribution in [0.3, 0.4) is 0 Å². The monoisotopic (exact) mass is 370 g/mol. The molecule has 6 heteroatoms. The molecule has 28 heavy (non-hydrogen) atoms. The van der Waals surface area contributed by atoms with Crippen molar-refractivity contribution in [2.45, 2.75) is 19.3 Å². The minimum atomic E-state index is 0.574. The summed E-state index contributed by atoms with van der Waals surface area (Å²) in [6, 6.07) is 20.2. The van der Waals surface area contributed by atoms with Crippen molar-refractivity contribution in [3.8, 4) is 6.07 Å². The number of nitrogens with one attached hydrogen (secondary N) is 1.